The van der Waals surface area contributed by atoms with Gasteiger partial charge in [-0.25, -0.2) is 0 Å². The highest BCUT2D eigenvalue weighted by Gasteiger charge is 2.13. The van der Waals surface area contributed by atoms with E-state index in [1.807, 2.05) is 0 Å². The number of nitrogens with two attached hydrogens (primary N) is 1. The minimum absolute atomic E-state index is 0.335. The zero-order chi connectivity index (χ0) is 8.10. The zero-order valence-electron chi connectivity index (χ0n) is 7.38. The van der Waals surface area contributed by atoms with Crippen molar-refractivity contribution >= 4 is 0 Å². The van der Waals surface area contributed by atoms with Gasteiger partial charge in [-0.3, -0.25) is 0 Å². The van der Waals surface area contributed by atoms with Crippen LogP contribution in [0.15, 0.2) is 0 Å². The third-order valence-electron chi connectivity index (χ3n) is 2.21. The predicted octanol–water partition coefficient (Wildman–Crippen LogP) is 1.54. The van der Waals surface area contributed by atoms with Gasteiger partial charge in [0.25, 0.3) is 0 Å². The standard InChI is InChI=1S/C9H19NO/c1-8(10)6-9-4-2-3-5-11-7-9/h8-9H,2-7,10H2,1H3. The fourth-order valence-corrected chi connectivity index (χ4v) is 1.68. The Morgan fingerprint density at radius 1 is 1.55 bits per heavy atom. The largest absolute Gasteiger partial charge is 0.381 e. The van der Waals surface area contributed by atoms with Gasteiger partial charge in [0.05, 0.1) is 0 Å². The minimum Gasteiger partial charge on any atom is -0.381 e. The Kier molecular flexibility index (Phi) is 3.87. The maximum atomic E-state index is 5.72. The summed E-state index contributed by atoms with van der Waals surface area (Å²) in [7, 11) is 0. The van der Waals surface area contributed by atoms with Gasteiger partial charge >= 0.3 is 0 Å². The number of hydrogen-bond donors (Lipinski definition) is 1. The molecule has 2 N–H and O–H groups in total. The molecule has 1 fully saturated rings. The molecule has 2 nitrogen and oxygen atoms in total. The lowest BCUT2D eigenvalue weighted by atomic mass is 9.97. The van der Waals surface area contributed by atoms with Crippen molar-refractivity contribution in [3.05, 3.63) is 0 Å². The molecule has 2 atom stereocenters. The molecule has 0 saturated carbocycles. The molecular formula is C9H19NO. The molecule has 11 heavy (non-hydrogen) atoms. The Hall–Kier alpha value is -0.0800. The van der Waals surface area contributed by atoms with E-state index in [9.17, 15) is 0 Å². The van der Waals surface area contributed by atoms with E-state index in [1.165, 1.54) is 19.3 Å². The highest BCUT2D eigenvalue weighted by Crippen LogP contribution is 2.18. The fourth-order valence-electron chi connectivity index (χ4n) is 1.68. The summed E-state index contributed by atoms with van der Waals surface area (Å²) in [6.07, 6.45) is 4.98. The van der Waals surface area contributed by atoms with Gasteiger partial charge < -0.3 is 10.5 Å². The van der Waals surface area contributed by atoms with Crippen molar-refractivity contribution in [3.8, 4) is 0 Å². The molecule has 0 spiro atoms. The molecule has 0 aliphatic carbocycles. The SMILES string of the molecule is CC(N)CC1CCCCOC1. The van der Waals surface area contributed by atoms with Crippen molar-refractivity contribution in [1.29, 1.82) is 0 Å². The van der Waals surface area contributed by atoms with Gasteiger partial charge in [0, 0.05) is 19.3 Å². The van der Waals surface area contributed by atoms with E-state index in [0.29, 0.717) is 6.04 Å². The maximum absolute atomic E-state index is 5.72. The van der Waals surface area contributed by atoms with Crippen molar-refractivity contribution in [2.75, 3.05) is 13.2 Å². The van der Waals surface area contributed by atoms with E-state index in [2.05, 4.69) is 6.92 Å². The third kappa shape index (κ3) is 3.73. The van der Waals surface area contributed by atoms with Gasteiger partial charge in [-0.1, -0.05) is 6.42 Å². The van der Waals surface area contributed by atoms with Crippen LogP contribution in [-0.4, -0.2) is 19.3 Å². The first-order valence-corrected chi connectivity index (χ1v) is 4.62. The molecule has 0 aromatic carbocycles. The average molecular weight is 157 g/mol. The zero-order valence-corrected chi connectivity index (χ0v) is 7.38. The van der Waals surface area contributed by atoms with Crippen LogP contribution >= 0.6 is 0 Å². The van der Waals surface area contributed by atoms with Crippen LogP contribution in [0.3, 0.4) is 0 Å². The summed E-state index contributed by atoms with van der Waals surface area (Å²) in [4.78, 5) is 0. The van der Waals surface area contributed by atoms with Crippen LogP contribution in [0.25, 0.3) is 0 Å². The average Bonchev–Trinajstić information content (AvgIpc) is 2.14. The van der Waals surface area contributed by atoms with Gasteiger partial charge in [0.2, 0.25) is 0 Å². The Bertz CT molecular complexity index is 95.7. The highest BCUT2D eigenvalue weighted by atomic mass is 16.5. The van der Waals surface area contributed by atoms with Crippen molar-refractivity contribution < 1.29 is 4.74 Å². The molecule has 0 aromatic heterocycles. The van der Waals surface area contributed by atoms with Crippen LogP contribution in [-0.2, 0) is 4.74 Å². The first-order chi connectivity index (χ1) is 5.29. The van der Waals surface area contributed by atoms with Gasteiger partial charge in [-0.15, -0.1) is 0 Å². The van der Waals surface area contributed by atoms with Crippen molar-refractivity contribution in [2.45, 2.75) is 38.6 Å². The summed E-state index contributed by atoms with van der Waals surface area (Å²) in [5.41, 5.74) is 5.72. The molecule has 1 rings (SSSR count). The molecule has 1 aliphatic heterocycles. The highest BCUT2D eigenvalue weighted by molar-refractivity contribution is 4.66. The van der Waals surface area contributed by atoms with E-state index in [-0.39, 0.29) is 0 Å². The molecule has 0 bridgehead atoms. The summed E-state index contributed by atoms with van der Waals surface area (Å²) in [6, 6.07) is 0.335. The first-order valence-electron chi connectivity index (χ1n) is 4.62. The van der Waals surface area contributed by atoms with E-state index in [4.69, 9.17) is 10.5 Å². The number of hydrogen-bond acceptors (Lipinski definition) is 2. The van der Waals surface area contributed by atoms with E-state index in [1.54, 1.807) is 0 Å². The smallest absolute Gasteiger partial charge is 0.0494 e. The normalized spacial score (nSPS) is 29.5. The Morgan fingerprint density at radius 2 is 2.36 bits per heavy atom. The van der Waals surface area contributed by atoms with Gasteiger partial charge in [-0.05, 0) is 32.1 Å². The molecule has 0 radical (unpaired) electrons. The molecule has 2 heteroatoms. The Balaban J connectivity index is 2.20. The van der Waals surface area contributed by atoms with Crippen molar-refractivity contribution in [1.82, 2.24) is 0 Å². The molecule has 1 heterocycles. The second-order valence-electron chi connectivity index (χ2n) is 3.65. The number of ether oxygens (including phenoxy) is 1. The maximum Gasteiger partial charge on any atom is 0.0494 e. The van der Waals surface area contributed by atoms with Crippen LogP contribution in [0.2, 0.25) is 0 Å². The molecule has 1 saturated heterocycles. The lowest BCUT2D eigenvalue weighted by molar-refractivity contribution is 0.111. The molecular weight excluding hydrogens is 138 g/mol. The molecule has 0 amide bonds. The van der Waals surface area contributed by atoms with E-state index in [0.717, 1.165) is 25.6 Å². The van der Waals surface area contributed by atoms with Gasteiger partial charge in [-0.2, -0.15) is 0 Å². The molecule has 1 aliphatic rings. The third-order valence-corrected chi connectivity index (χ3v) is 2.21. The Morgan fingerprint density at radius 3 is 3.09 bits per heavy atom. The minimum atomic E-state index is 0.335. The second kappa shape index (κ2) is 4.73. The van der Waals surface area contributed by atoms with Crippen LogP contribution in [0.5, 0.6) is 0 Å². The molecule has 2 unspecified atom stereocenters. The first kappa shape index (κ1) is 9.01. The Labute approximate surface area is 69.1 Å². The van der Waals surface area contributed by atoms with Crippen molar-refractivity contribution in [3.63, 3.8) is 0 Å². The predicted molar refractivity (Wildman–Crippen MR) is 46.4 cm³/mol. The van der Waals surface area contributed by atoms with Gasteiger partial charge in [0.1, 0.15) is 0 Å². The van der Waals surface area contributed by atoms with E-state index < -0.39 is 0 Å². The monoisotopic (exact) mass is 157 g/mol. The fraction of sp³-hybridized carbons (Fsp3) is 1.00. The van der Waals surface area contributed by atoms with E-state index >= 15 is 0 Å². The lowest BCUT2D eigenvalue weighted by Gasteiger charge is -2.15. The van der Waals surface area contributed by atoms with Crippen LogP contribution in [0.4, 0.5) is 0 Å². The molecule has 66 valence electrons. The summed E-state index contributed by atoms with van der Waals surface area (Å²) >= 11 is 0. The van der Waals surface area contributed by atoms with Crippen molar-refractivity contribution in [2.24, 2.45) is 11.7 Å². The summed E-state index contributed by atoms with van der Waals surface area (Å²) in [6.45, 7) is 3.96. The van der Waals surface area contributed by atoms with Crippen LogP contribution in [0.1, 0.15) is 32.6 Å². The second-order valence-corrected chi connectivity index (χ2v) is 3.65. The summed E-state index contributed by atoms with van der Waals surface area (Å²) < 4.78 is 5.45. The van der Waals surface area contributed by atoms with Crippen LogP contribution in [0, 0.1) is 5.92 Å². The summed E-state index contributed by atoms with van der Waals surface area (Å²) in [5.74, 6) is 0.720. The van der Waals surface area contributed by atoms with Gasteiger partial charge in [0.15, 0.2) is 0 Å². The van der Waals surface area contributed by atoms with Crippen LogP contribution < -0.4 is 5.73 Å². The quantitative estimate of drug-likeness (QED) is 0.660. The molecule has 0 aromatic rings. The topological polar surface area (TPSA) is 35.2 Å². The summed E-state index contributed by atoms with van der Waals surface area (Å²) in [5, 5.41) is 0. The lowest BCUT2D eigenvalue weighted by Crippen LogP contribution is -2.21. The number of rotatable bonds is 2.